The van der Waals surface area contributed by atoms with E-state index in [1.807, 2.05) is 0 Å². The fraction of sp³-hybridized carbons (Fsp3) is 1.00. The van der Waals surface area contributed by atoms with Crippen LogP contribution < -0.4 is 11.3 Å². The maximum Gasteiger partial charge on any atom is 0.0647 e. The molecule has 0 amide bonds. The van der Waals surface area contributed by atoms with Crippen molar-refractivity contribution in [2.75, 3.05) is 27.8 Å². The predicted molar refractivity (Wildman–Crippen MR) is 67.0 cm³/mol. The van der Waals surface area contributed by atoms with E-state index in [9.17, 15) is 0 Å². The van der Waals surface area contributed by atoms with E-state index in [1.165, 1.54) is 25.7 Å². The molecule has 1 aliphatic carbocycles. The Morgan fingerprint density at radius 3 is 2.38 bits per heavy atom. The highest BCUT2D eigenvalue weighted by Crippen LogP contribution is 2.37. The fourth-order valence-corrected chi connectivity index (χ4v) is 2.89. The van der Waals surface area contributed by atoms with Crippen molar-refractivity contribution in [2.45, 2.75) is 44.2 Å². The van der Waals surface area contributed by atoms with Crippen molar-refractivity contribution in [1.29, 1.82) is 0 Å². The third-order valence-electron chi connectivity index (χ3n) is 4.21. The Bertz CT molecular complexity index is 200. The minimum absolute atomic E-state index is 0.150. The van der Waals surface area contributed by atoms with E-state index in [0.717, 1.165) is 5.92 Å². The highest BCUT2D eigenvalue weighted by molar-refractivity contribution is 5.00. The topological polar surface area (TPSA) is 50.5 Å². The van der Waals surface area contributed by atoms with Crippen molar-refractivity contribution in [1.82, 2.24) is 10.3 Å². The predicted octanol–water partition coefficient (Wildman–Crippen LogP) is 0.975. The molecule has 0 aliphatic heterocycles. The quantitative estimate of drug-likeness (QED) is 0.545. The average molecular weight is 229 g/mol. The largest absolute Gasteiger partial charge is 0.383 e. The number of ether oxygens (including phenoxy) is 1. The summed E-state index contributed by atoms with van der Waals surface area (Å²) in [5.41, 5.74) is 3.09. The van der Waals surface area contributed by atoms with Crippen molar-refractivity contribution in [3.63, 3.8) is 0 Å². The van der Waals surface area contributed by atoms with Crippen LogP contribution in [-0.2, 0) is 4.74 Å². The molecule has 1 unspecified atom stereocenters. The molecule has 1 rings (SSSR count). The van der Waals surface area contributed by atoms with Crippen LogP contribution in [0.25, 0.3) is 0 Å². The molecule has 0 aromatic rings. The van der Waals surface area contributed by atoms with Gasteiger partial charge in [-0.05, 0) is 45.7 Å². The summed E-state index contributed by atoms with van der Waals surface area (Å²) < 4.78 is 5.28. The summed E-state index contributed by atoms with van der Waals surface area (Å²) in [5, 5.41) is 0. The molecule has 0 saturated heterocycles. The number of hydrazine groups is 1. The maximum absolute atomic E-state index is 5.69. The minimum Gasteiger partial charge on any atom is -0.383 e. The monoisotopic (exact) mass is 229 g/mol. The number of hydrogen-bond acceptors (Lipinski definition) is 4. The van der Waals surface area contributed by atoms with Crippen LogP contribution in [0, 0.1) is 5.92 Å². The van der Waals surface area contributed by atoms with Gasteiger partial charge < -0.3 is 9.64 Å². The Balaban J connectivity index is 2.78. The number of rotatable bonds is 5. The summed E-state index contributed by atoms with van der Waals surface area (Å²) in [4.78, 5) is 2.32. The zero-order valence-electron chi connectivity index (χ0n) is 11.1. The SMILES string of the molecule is COCC(NN)C1(N(C)C)CCC(C)CC1. The Labute approximate surface area is 99.5 Å². The van der Waals surface area contributed by atoms with Gasteiger partial charge in [0.2, 0.25) is 0 Å². The third-order valence-corrected chi connectivity index (χ3v) is 4.21. The number of likely N-dealkylation sites (N-methyl/N-ethyl adjacent to an activating group) is 1. The smallest absolute Gasteiger partial charge is 0.0647 e. The van der Waals surface area contributed by atoms with Gasteiger partial charge in [0.1, 0.15) is 0 Å². The maximum atomic E-state index is 5.69. The molecule has 0 aromatic heterocycles. The highest BCUT2D eigenvalue weighted by atomic mass is 16.5. The van der Waals surface area contributed by atoms with Crippen molar-refractivity contribution in [3.8, 4) is 0 Å². The molecule has 4 nitrogen and oxygen atoms in total. The molecule has 3 N–H and O–H groups in total. The van der Waals surface area contributed by atoms with E-state index in [-0.39, 0.29) is 11.6 Å². The normalized spacial score (nSPS) is 33.0. The lowest BCUT2D eigenvalue weighted by atomic mass is 9.72. The van der Waals surface area contributed by atoms with Gasteiger partial charge in [0, 0.05) is 12.6 Å². The second-order valence-electron chi connectivity index (χ2n) is 5.36. The minimum atomic E-state index is 0.150. The molecule has 1 fully saturated rings. The van der Waals surface area contributed by atoms with Gasteiger partial charge in [0.15, 0.2) is 0 Å². The lowest BCUT2D eigenvalue weighted by molar-refractivity contribution is 0.0110. The zero-order valence-corrected chi connectivity index (χ0v) is 11.1. The van der Waals surface area contributed by atoms with Crippen LogP contribution >= 0.6 is 0 Å². The molecule has 0 aromatic carbocycles. The summed E-state index contributed by atoms with van der Waals surface area (Å²) >= 11 is 0. The van der Waals surface area contributed by atoms with Gasteiger partial charge in [-0.15, -0.1) is 0 Å². The van der Waals surface area contributed by atoms with Crippen LogP contribution in [-0.4, -0.2) is 44.3 Å². The lowest BCUT2D eigenvalue weighted by Gasteiger charge is -2.49. The lowest BCUT2D eigenvalue weighted by Crippen LogP contribution is -2.63. The molecule has 0 bridgehead atoms. The summed E-state index contributed by atoms with van der Waals surface area (Å²) in [6.07, 6.45) is 4.94. The molecule has 4 heteroatoms. The molecule has 1 atom stereocenters. The first kappa shape index (κ1) is 13.9. The number of hydrogen-bond donors (Lipinski definition) is 2. The zero-order chi connectivity index (χ0) is 12.2. The summed E-state index contributed by atoms with van der Waals surface area (Å²) in [6.45, 7) is 3.00. The van der Waals surface area contributed by atoms with Crippen LogP contribution in [0.15, 0.2) is 0 Å². The van der Waals surface area contributed by atoms with Gasteiger partial charge in [-0.3, -0.25) is 11.3 Å². The van der Waals surface area contributed by atoms with E-state index in [1.54, 1.807) is 7.11 Å². The number of nitrogens with two attached hydrogens (primary N) is 1. The Hall–Kier alpha value is -0.160. The van der Waals surface area contributed by atoms with Gasteiger partial charge in [-0.25, -0.2) is 0 Å². The molecule has 0 heterocycles. The summed E-state index contributed by atoms with van der Waals surface area (Å²) in [6, 6.07) is 0.208. The molecule has 1 aliphatic rings. The van der Waals surface area contributed by atoms with Crippen LogP contribution in [0.3, 0.4) is 0 Å². The Morgan fingerprint density at radius 2 is 2.00 bits per heavy atom. The van der Waals surface area contributed by atoms with Crippen LogP contribution in [0.2, 0.25) is 0 Å². The van der Waals surface area contributed by atoms with E-state index in [0.29, 0.717) is 6.61 Å². The molecule has 0 radical (unpaired) electrons. The van der Waals surface area contributed by atoms with Gasteiger partial charge in [-0.2, -0.15) is 0 Å². The number of methoxy groups -OCH3 is 1. The van der Waals surface area contributed by atoms with Gasteiger partial charge in [0.05, 0.1) is 12.6 Å². The van der Waals surface area contributed by atoms with Crippen molar-refractivity contribution in [2.24, 2.45) is 11.8 Å². The second kappa shape index (κ2) is 5.96. The van der Waals surface area contributed by atoms with E-state index < -0.39 is 0 Å². The van der Waals surface area contributed by atoms with Crippen molar-refractivity contribution >= 4 is 0 Å². The van der Waals surface area contributed by atoms with Crippen LogP contribution in [0.5, 0.6) is 0 Å². The van der Waals surface area contributed by atoms with Gasteiger partial charge in [0.25, 0.3) is 0 Å². The molecule has 96 valence electrons. The van der Waals surface area contributed by atoms with E-state index in [4.69, 9.17) is 10.6 Å². The first-order valence-electron chi connectivity index (χ1n) is 6.19. The van der Waals surface area contributed by atoms with E-state index >= 15 is 0 Å². The van der Waals surface area contributed by atoms with Gasteiger partial charge >= 0.3 is 0 Å². The molecular formula is C12H27N3O. The first-order chi connectivity index (χ1) is 7.56. The highest BCUT2D eigenvalue weighted by Gasteiger charge is 2.42. The number of nitrogens with one attached hydrogen (secondary N) is 1. The molecular weight excluding hydrogens is 202 g/mol. The number of nitrogens with zero attached hydrogens (tertiary/aromatic N) is 1. The second-order valence-corrected chi connectivity index (χ2v) is 5.36. The van der Waals surface area contributed by atoms with Crippen LogP contribution in [0.1, 0.15) is 32.6 Å². The van der Waals surface area contributed by atoms with Gasteiger partial charge in [-0.1, -0.05) is 6.92 Å². The molecule has 16 heavy (non-hydrogen) atoms. The third kappa shape index (κ3) is 2.74. The summed E-state index contributed by atoms with van der Waals surface area (Å²) in [5.74, 6) is 6.53. The van der Waals surface area contributed by atoms with Crippen molar-refractivity contribution in [3.05, 3.63) is 0 Å². The van der Waals surface area contributed by atoms with E-state index in [2.05, 4.69) is 31.3 Å². The fourth-order valence-electron chi connectivity index (χ4n) is 2.89. The molecule has 1 saturated carbocycles. The Kier molecular flexibility index (Phi) is 5.18. The van der Waals surface area contributed by atoms with Crippen molar-refractivity contribution < 1.29 is 4.74 Å². The average Bonchev–Trinajstić information content (AvgIpc) is 2.27. The summed E-state index contributed by atoms with van der Waals surface area (Å²) in [7, 11) is 6.03. The first-order valence-corrected chi connectivity index (χ1v) is 6.19. The standard InChI is InChI=1S/C12H27N3O/c1-10-5-7-12(8-6-10,15(2)3)11(14-13)9-16-4/h10-11,14H,5-9,13H2,1-4H3. The Morgan fingerprint density at radius 1 is 1.44 bits per heavy atom. The van der Waals surface area contributed by atoms with Crippen LogP contribution in [0.4, 0.5) is 0 Å². The molecule has 0 spiro atoms.